The zero-order chi connectivity index (χ0) is 20.0. The van der Waals surface area contributed by atoms with Crippen LogP contribution in [0.5, 0.6) is 0 Å². The monoisotopic (exact) mass is 408 g/mol. The number of hydrogen-bond donors (Lipinski definition) is 3. The van der Waals surface area contributed by atoms with Crippen LogP contribution in [0.1, 0.15) is 12.6 Å². The van der Waals surface area contributed by atoms with Gasteiger partial charge in [0.25, 0.3) is 0 Å². The third-order valence-electron chi connectivity index (χ3n) is 4.33. The number of hydrogen-bond acceptors (Lipinski definition) is 11. The van der Waals surface area contributed by atoms with Crippen LogP contribution in [0.25, 0.3) is 11.2 Å². The summed E-state index contributed by atoms with van der Waals surface area (Å²) in [4.78, 5) is 27.1. The van der Waals surface area contributed by atoms with Crippen LogP contribution in [0.15, 0.2) is 22.7 Å². The minimum absolute atomic E-state index is 0.0428. The second-order valence-electron chi connectivity index (χ2n) is 6.17. The van der Waals surface area contributed by atoms with Crippen molar-refractivity contribution in [1.29, 1.82) is 0 Å². The molecule has 1 saturated heterocycles. The molecule has 0 unspecified atom stereocenters. The van der Waals surface area contributed by atoms with Crippen molar-refractivity contribution in [1.82, 2.24) is 29.1 Å². The first-order valence-electron chi connectivity index (χ1n) is 8.17. The van der Waals surface area contributed by atoms with Crippen molar-refractivity contribution in [3.63, 3.8) is 0 Å². The lowest BCUT2D eigenvalue weighted by Crippen LogP contribution is -2.24. The van der Waals surface area contributed by atoms with Crippen molar-refractivity contribution >= 4 is 34.7 Å². The van der Waals surface area contributed by atoms with Crippen LogP contribution >= 0.6 is 11.8 Å². The van der Waals surface area contributed by atoms with Gasteiger partial charge in [-0.2, -0.15) is 4.98 Å². The van der Waals surface area contributed by atoms with E-state index in [4.69, 9.17) is 10.5 Å². The fourth-order valence-corrected chi connectivity index (χ4v) is 3.95. The maximum atomic E-state index is 11.2. The summed E-state index contributed by atoms with van der Waals surface area (Å²) in [7, 11) is 1.63. The summed E-state index contributed by atoms with van der Waals surface area (Å²) in [6, 6.07) is 0. The number of aliphatic hydroxyl groups is 2. The van der Waals surface area contributed by atoms with Gasteiger partial charge >= 0.3 is 5.82 Å². The summed E-state index contributed by atoms with van der Waals surface area (Å²) >= 11 is 1.00. The lowest BCUT2D eigenvalue weighted by Gasteiger charge is -2.13. The van der Waals surface area contributed by atoms with Crippen molar-refractivity contribution in [3.8, 4) is 0 Å². The summed E-state index contributed by atoms with van der Waals surface area (Å²) in [5.41, 5.74) is 6.57. The first kappa shape index (κ1) is 18.5. The molecule has 0 saturated carbocycles. The molecule has 0 radical (unpaired) electrons. The van der Waals surface area contributed by atoms with Crippen LogP contribution in [-0.2, 0) is 11.8 Å². The molecule has 4 rings (SSSR count). The molecule has 0 spiro atoms. The molecule has 3 aromatic rings. The van der Waals surface area contributed by atoms with Gasteiger partial charge in [0, 0.05) is 13.5 Å². The molecule has 0 amide bonds. The smallest absolute Gasteiger partial charge is 0.394 e. The number of nitro groups is 1. The maximum Gasteiger partial charge on any atom is 0.396 e. The quantitative estimate of drug-likeness (QED) is 0.290. The standard InChI is InChI=1S/C14H16N8O5S/c1-20-4-17-11(22(25)26)13(20)28-12-9-10(18-14(15)19-12)21(5-16-9)8-2-6(24)7(3-23)27-8/h4-8,23-24H,2-3H2,1H3,(H2,15,18,19)/t6-,7+,8-/m0/s1. The van der Waals surface area contributed by atoms with Gasteiger partial charge in [-0.05, 0) is 21.7 Å². The van der Waals surface area contributed by atoms with Gasteiger partial charge in [0.1, 0.15) is 22.9 Å². The van der Waals surface area contributed by atoms with E-state index in [0.717, 1.165) is 11.8 Å². The molecule has 28 heavy (non-hydrogen) atoms. The molecule has 4 heterocycles. The number of fused-ring (bicyclic) bond motifs is 1. The number of aromatic nitrogens is 6. The minimum atomic E-state index is -0.822. The van der Waals surface area contributed by atoms with Crippen LogP contribution < -0.4 is 5.73 Å². The topological polar surface area (TPSA) is 180 Å². The van der Waals surface area contributed by atoms with Gasteiger partial charge in [0.05, 0.1) is 19.0 Å². The molecule has 4 N–H and O–H groups in total. The summed E-state index contributed by atoms with van der Waals surface area (Å²) in [5, 5.41) is 31.0. The zero-order valence-corrected chi connectivity index (χ0v) is 15.4. The predicted octanol–water partition coefficient (Wildman–Crippen LogP) is -0.158. The molecule has 1 aliphatic heterocycles. The van der Waals surface area contributed by atoms with Gasteiger partial charge in [-0.3, -0.25) is 4.57 Å². The minimum Gasteiger partial charge on any atom is -0.394 e. The molecule has 148 valence electrons. The first-order chi connectivity index (χ1) is 13.4. The van der Waals surface area contributed by atoms with Crippen LogP contribution in [0.2, 0.25) is 0 Å². The number of anilines is 1. The largest absolute Gasteiger partial charge is 0.396 e. The highest BCUT2D eigenvalue weighted by molar-refractivity contribution is 7.99. The Labute approximate surface area is 161 Å². The van der Waals surface area contributed by atoms with Gasteiger partial charge in [-0.15, -0.1) is 0 Å². The summed E-state index contributed by atoms with van der Waals surface area (Å²) in [5.74, 6) is -0.343. The number of nitrogens with zero attached hydrogens (tertiary/aromatic N) is 7. The molecule has 1 aliphatic rings. The third-order valence-corrected chi connectivity index (χ3v) is 5.47. The highest BCUT2D eigenvalue weighted by atomic mass is 32.2. The van der Waals surface area contributed by atoms with Crippen molar-refractivity contribution in [2.24, 2.45) is 7.05 Å². The molecular formula is C14H16N8O5S. The second-order valence-corrected chi connectivity index (χ2v) is 7.15. The van der Waals surface area contributed by atoms with E-state index in [1.807, 2.05) is 0 Å². The number of aliphatic hydroxyl groups excluding tert-OH is 2. The Morgan fingerprint density at radius 1 is 1.43 bits per heavy atom. The number of aryl methyl sites for hydroxylation is 1. The molecule has 3 aromatic heterocycles. The van der Waals surface area contributed by atoms with Gasteiger partial charge in [-0.1, -0.05) is 0 Å². The third kappa shape index (κ3) is 3.05. The maximum absolute atomic E-state index is 11.2. The highest BCUT2D eigenvalue weighted by Gasteiger charge is 2.35. The van der Waals surface area contributed by atoms with E-state index >= 15 is 0 Å². The van der Waals surface area contributed by atoms with E-state index in [-0.39, 0.29) is 29.8 Å². The van der Waals surface area contributed by atoms with Gasteiger partial charge in [0.15, 0.2) is 10.7 Å². The van der Waals surface area contributed by atoms with Crippen molar-refractivity contribution < 1.29 is 19.9 Å². The SMILES string of the molecule is Cn1cnc([N+](=O)[O-])c1Sc1nc(N)nc2c1ncn2[C@@H]1C[C@H](O)[C@@H](CO)O1. The molecule has 3 atom stereocenters. The van der Waals surface area contributed by atoms with Gasteiger partial charge < -0.3 is 35.4 Å². The Bertz CT molecular complexity index is 1050. The number of ether oxygens (including phenoxy) is 1. The Hall–Kier alpha value is -2.81. The van der Waals surface area contributed by atoms with E-state index < -0.39 is 23.4 Å². The lowest BCUT2D eigenvalue weighted by molar-refractivity contribution is -0.392. The molecule has 0 bridgehead atoms. The highest BCUT2D eigenvalue weighted by Crippen LogP contribution is 2.37. The normalized spacial score (nSPS) is 22.2. The number of imidazole rings is 2. The predicted molar refractivity (Wildman–Crippen MR) is 95.3 cm³/mol. The fourth-order valence-electron chi connectivity index (χ4n) is 2.98. The number of rotatable bonds is 5. The molecule has 0 aromatic carbocycles. The second kappa shape index (κ2) is 6.97. The van der Waals surface area contributed by atoms with E-state index in [2.05, 4.69) is 19.9 Å². The summed E-state index contributed by atoms with van der Waals surface area (Å²) in [6.45, 7) is -0.313. The molecule has 0 aliphatic carbocycles. The Morgan fingerprint density at radius 2 is 2.21 bits per heavy atom. The van der Waals surface area contributed by atoms with Gasteiger partial charge in [-0.25, -0.2) is 9.97 Å². The average molecular weight is 408 g/mol. The summed E-state index contributed by atoms with van der Waals surface area (Å²) in [6.07, 6.45) is 0.942. The van der Waals surface area contributed by atoms with Gasteiger partial charge in [0.2, 0.25) is 12.3 Å². The van der Waals surface area contributed by atoms with E-state index in [0.29, 0.717) is 16.2 Å². The van der Waals surface area contributed by atoms with E-state index in [9.17, 15) is 20.3 Å². The Balaban J connectivity index is 1.75. The Kier molecular flexibility index (Phi) is 4.62. The average Bonchev–Trinajstić information content (AvgIpc) is 3.32. The number of nitrogens with two attached hydrogens (primary N) is 1. The van der Waals surface area contributed by atoms with E-state index in [1.165, 1.54) is 17.2 Å². The van der Waals surface area contributed by atoms with Crippen molar-refractivity contribution in [3.05, 3.63) is 22.8 Å². The van der Waals surface area contributed by atoms with Crippen LogP contribution in [0.3, 0.4) is 0 Å². The molecule has 1 fully saturated rings. The Morgan fingerprint density at radius 3 is 2.89 bits per heavy atom. The molecule has 14 heteroatoms. The first-order valence-corrected chi connectivity index (χ1v) is 8.98. The van der Waals surface area contributed by atoms with Crippen LogP contribution in [0, 0.1) is 10.1 Å². The van der Waals surface area contributed by atoms with E-state index in [1.54, 1.807) is 11.6 Å². The number of nitrogen functional groups attached to an aromatic ring is 1. The van der Waals surface area contributed by atoms with Crippen LogP contribution in [-0.4, -0.2) is 63.0 Å². The summed E-state index contributed by atoms with van der Waals surface area (Å²) < 4.78 is 8.74. The fraction of sp³-hybridized carbons (Fsp3) is 0.429. The zero-order valence-electron chi connectivity index (χ0n) is 14.5. The molecule has 13 nitrogen and oxygen atoms in total. The van der Waals surface area contributed by atoms with Crippen molar-refractivity contribution in [2.75, 3.05) is 12.3 Å². The molecular weight excluding hydrogens is 392 g/mol. The lowest BCUT2D eigenvalue weighted by atomic mass is 10.2. The van der Waals surface area contributed by atoms with Crippen LogP contribution in [0.4, 0.5) is 11.8 Å². The van der Waals surface area contributed by atoms with Crippen molar-refractivity contribution in [2.45, 2.75) is 34.9 Å².